The number of rotatable bonds is 0. The summed E-state index contributed by atoms with van der Waals surface area (Å²) in [5.74, 6) is 0.248. The average molecular weight is 399 g/mol. The van der Waals surface area contributed by atoms with Crippen molar-refractivity contribution in [3.05, 3.63) is 42.5 Å². The average Bonchev–Trinajstić information content (AvgIpc) is 3.30. The number of halogens is 1. The number of aliphatic hydroxyl groups is 1. The number of nitrogens with one attached hydrogen (secondary N) is 1. The van der Waals surface area contributed by atoms with E-state index in [1.54, 1.807) is 23.0 Å². The normalized spacial score (nSPS) is 18.4. The molecular weight excluding hydrogens is 377 g/mol. The van der Waals surface area contributed by atoms with Gasteiger partial charge in [0.2, 0.25) is 11.8 Å². The summed E-state index contributed by atoms with van der Waals surface area (Å²) in [6.45, 7) is 1.49. The highest BCUT2D eigenvalue weighted by Crippen LogP contribution is 2.29. The molecule has 1 amide bonds. The summed E-state index contributed by atoms with van der Waals surface area (Å²) in [6, 6.07) is 6.54. The minimum atomic E-state index is -0.344. The van der Waals surface area contributed by atoms with E-state index in [1.807, 2.05) is 11.0 Å². The first-order chi connectivity index (χ1) is 14.2. The Bertz CT molecular complexity index is 1040. The number of aromatic nitrogens is 3. The van der Waals surface area contributed by atoms with Gasteiger partial charge in [0, 0.05) is 50.1 Å². The van der Waals surface area contributed by atoms with E-state index in [1.165, 1.54) is 12.1 Å². The molecule has 1 atom stereocenters. The number of carbonyl (C=O) groups is 1. The second kappa shape index (κ2) is 8.04. The van der Waals surface area contributed by atoms with Crippen LogP contribution in [-0.2, 0) is 4.79 Å². The van der Waals surface area contributed by atoms with Crippen molar-refractivity contribution in [1.82, 2.24) is 19.5 Å². The zero-order valence-corrected chi connectivity index (χ0v) is 16.0. The third-order valence-corrected chi connectivity index (χ3v) is 5.11. The highest BCUT2D eigenvalue weighted by molar-refractivity contribution is 5.80. The molecule has 4 heterocycles. The van der Waals surface area contributed by atoms with E-state index >= 15 is 0 Å². The number of fused-ring (bicyclic) bond motifs is 5. The fraction of sp³-hybridized carbons (Fsp3) is 0.350. The maximum atomic E-state index is 14.2. The molecule has 2 aliphatic heterocycles. The van der Waals surface area contributed by atoms with Gasteiger partial charge in [0.05, 0.1) is 12.2 Å². The largest absolute Gasteiger partial charge is 0.475 e. The first-order valence-corrected chi connectivity index (χ1v) is 9.43. The van der Waals surface area contributed by atoms with Crippen LogP contribution in [0.25, 0.3) is 16.8 Å². The zero-order chi connectivity index (χ0) is 20.4. The first kappa shape index (κ1) is 19.1. The molecule has 1 saturated heterocycles. The molecule has 3 aromatic rings. The summed E-state index contributed by atoms with van der Waals surface area (Å²) >= 11 is 0. The minimum absolute atomic E-state index is 0.0210. The topological polar surface area (TPSA) is 92.0 Å². The summed E-state index contributed by atoms with van der Waals surface area (Å²) in [4.78, 5) is 18.6. The van der Waals surface area contributed by atoms with Gasteiger partial charge in [-0.15, -0.1) is 0 Å². The third kappa shape index (κ3) is 3.73. The lowest BCUT2D eigenvalue weighted by Gasteiger charge is -2.25. The molecule has 2 N–H and O–H groups in total. The van der Waals surface area contributed by atoms with Crippen molar-refractivity contribution in [1.29, 1.82) is 0 Å². The van der Waals surface area contributed by atoms with E-state index in [9.17, 15) is 9.18 Å². The monoisotopic (exact) mass is 399 g/mol. The van der Waals surface area contributed by atoms with Crippen LogP contribution in [0.1, 0.15) is 12.8 Å². The Balaban J connectivity index is 0.000000994. The highest BCUT2D eigenvalue weighted by Gasteiger charge is 2.31. The van der Waals surface area contributed by atoms with E-state index in [2.05, 4.69) is 15.4 Å². The lowest BCUT2D eigenvalue weighted by atomic mass is 10.1. The van der Waals surface area contributed by atoms with Gasteiger partial charge in [-0.05, 0) is 30.2 Å². The maximum Gasteiger partial charge on any atom is 0.223 e. The SMILES string of the molecule is CO.O=C1CCC2COc3ccn4ncc(c4n3)-c3cc(F)cc(c3)NCCN12. The fourth-order valence-corrected chi connectivity index (χ4v) is 3.76. The molecule has 29 heavy (non-hydrogen) atoms. The van der Waals surface area contributed by atoms with Gasteiger partial charge in [0.25, 0.3) is 0 Å². The Hall–Kier alpha value is -3.20. The van der Waals surface area contributed by atoms with E-state index in [0.29, 0.717) is 48.9 Å². The molecule has 0 aliphatic carbocycles. The van der Waals surface area contributed by atoms with Crippen LogP contribution in [0.3, 0.4) is 0 Å². The predicted molar refractivity (Wildman–Crippen MR) is 105 cm³/mol. The zero-order valence-electron chi connectivity index (χ0n) is 16.0. The van der Waals surface area contributed by atoms with Gasteiger partial charge in [-0.25, -0.2) is 8.91 Å². The van der Waals surface area contributed by atoms with Crippen LogP contribution in [0.5, 0.6) is 5.88 Å². The lowest BCUT2D eigenvalue weighted by molar-refractivity contribution is -0.129. The Labute approximate surface area is 166 Å². The quantitative estimate of drug-likeness (QED) is 0.600. The number of benzene rings is 1. The highest BCUT2D eigenvalue weighted by atomic mass is 19.1. The van der Waals surface area contributed by atoms with Gasteiger partial charge in [0.1, 0.15) is 12.4 Å². The third-order valence-electron chi connectivity index (χ3n) is 5.11. The van der Waals surface area contributed by atoms with Crippen molar-refractivity contribution in [2.75, 3.05) is 32.1 Å². The molecule has 5 rings (SSSR count). The molecule has 9 heteroatoms. The molecule has 1 fully saturated rings. The molecule has 4 bridgehead atoms. The van der Waals surface area contributed by atoms with Crippen LogP contribution in [-0.4, -0.2) is 63.4 Å². The Morgan fingerprint density at radius 2 is 2.17 bits per heavy atom. The van der Waals surface area contributed by atoms with E-state index < -0.39 is 0 Å². The molecule has 1 unspecified atom stereocenters. The smallest absolute Gasteiger partial charge is 0.223 e. The number of aliphatic hydroxyl groups excluding tert-OH is 1. The van der Waals surface area contributed by atoms with Crippen LogP contribution in [0.15, 0.2) is 36.7 Å². The molecule has 2 aromatic heterocycles. The van der Waals surface area contributed by atoms with E-state index in [0.717, 1.165) is 19.1 Å². The van der Waals surface area contributed by atoms with Crippen LogP contribution in [0.4, 0.5) is 10.1 Å². The molecule has 152 valence electrons. The van der Waals surface area contributed by atoms with Gasteiger partial charge in [0.15, 0.2) is 5.65 Å². The van der Waals surface area contributed by atoms with Gasteiger partial charge in [-0.1, -0.05) is 0 Å². The number of nitrogens with zero attached hydrogens (tertiary/aromatic N) is 4. The Morgan fingerprint density at radius 3 is 3.03 bits per heavy atom. The number of anilines is 1. The Morgan fingerprint density at radius 1 is 1.31 bits per heavy atom. The molecule has 8 nitrogen and oxygen atoms in total. The van der Waals surface area contributed by atoms with Crippen molar-refractivity contribution in [2.24, 2.45) is 0 Å². The molecule has 0 spiro atoms. The van der Waals surface area contributed by atoms with Crippen molar-refractivity contribution in [2.45, 2.75) is 18.9 Å². The van der Waals surface area contributed by atoms with Gasteiger partial charge in [-0.3, -0.25) is 4.79 Å². The summed E-state index contributed by atoms with van der Waals surface area (Å²) in [6.07, 6.45) is 4.73. The standard InChI is InChI=1S/C19H18FN5O2.CH4O/c20-13-7-12-8-14(9-13)21-4-6-24-15(1-2-18(24)26)11-27-17-3-5-25-19(23-17)16(12)10-22-25;1-2/h3,5,7-10,15,21H,1-2,4,6,11H2;2H,1H3. The van der Waals surface area contributed by atoms with Crippen LogP contribution in [0.2, 0.25) is 0 Å². The number of carbonyl (C=O) groups excluding carboxylic acids is 1. The van der Waals surface area contributed by atoms with Crippen molar-refractivity contribution < 1.29 is 19.0 Å². The van der Waals surface area contributed by atoms with Crippen LogP contribution in [0, 0.1) is 5.82 Å². The van der Waals surface area contributed by atoms with E-state index in [-0.39, 0.29) is 17.8 Å². The number of hydrogen-bond donors (Lipinski definition) is 2. The second-order valence-electron chi connectivity index (χ2n) is 6.84. The van der Waals surface area contributed by atoms with Crippen LogP contribution < -0.4 is 10.1 Å². The van der Waals surface area contributed by atoms with Crippen molar-refractivity contribution in [3.8, 4) is 17.0 Å². The van der Waals surface area contributed by atoms with Gasteiger partial charge < -0.3 is 20.1 Å². The molecule has 1 aromatic carbocycles. The van der Waals surface area contributed by atoms with Gasteiger partial charge >= 0.3 is 0 Å². The van der Waals surface area contributed by atoms with Crippen molar-refractivity contribution >= 4 is 17.2 Å². The van der Waals surface area contributed by atoms with E-state index in [4.69, 9.17) is 9.84 Å². The summed E-state index contributed by atoms with van der Waals surface area (Å²) < 4.78 is 21.7. The summed E-state index contributed by atoms with van der Waals surface area (Å²) in [5.41, 5.74) is 2.68. The number of hydrogen-bond acceptors (Lipinski definition) is 6. The summed E-state index contributed by atoms with van der Waals surface area (Å²) in [5, 5.41) is 14.5. The first-order valence-electron chi connectivity index (χ1n) is 9.43. The molecule has 2 aliphatic rings. The fourth-order valence-electron chi connectivity index (χ4n) is 3.76. The number of ether oxygens (including phenoxy) is 1. The number of amides is 1. The van der Waals surface area contributed by atoms with Gasteiger partial charge in [-0.2, -0.15) is 10.1 Å². The molecular formula is C20H22FN5O3. The van der Waals surface area contributed by atoms with Crippen molar-refractivity contribution in [3.63, 3.8) is 0 Å². The maximum absolute atomic E-state index is 14.2. The second-order valence-corrected chi connectivity index (χ2v) is 6.84. The molecule has 0 radical (unpaired) electrons. The molecule has 0 saturated carbocycles. The summed E-state index contributed by atoms with van der Waals surface area (Å²) in [7, 11) is 1.00. The predicted octanol–water partition coefficient (Wildman–Crippen LogP) is 1.94. The van der Waals surface area contributed by atoms with Crippen LogP contribution >= 0.6 is 0 Å². The lowest BCUT2D eigenvalue weighted by Crippen LogP contribution is -2.40. The Kier molecular flexibility index (Phi) is 5.30. The minimum Gasteiger partial charge on any atom is -0.475 e.